The lowest BCUT2D eigenvalue weighted by Crippen LogP contribution is -2.52. The Bertz CT molecular complexity index is 728. The van der Waals surface area contributed by atoms with Crippen LogP contribution in [-0.4, -0.2) is 47.2 Å². The van der Waals surface area contributed by atoms with Crippen LogP contribution < -0.4 is 15.8 Å². The van der Waals surface area contributed by atoms with Gasteiger partial charge in [0.1, 0.15) is 17.7 Å². The smallest absolute Gasteiger partial charge is 0.254 e. The molecule has 2 aromatic heterocycles. The van der Waals surface area contributed by atoms with E-state index in [2.05, 4.69) is 20.0 Å². The van der Waals surface area contributed by atoms with E-state index in [1.165, 1.54) is 19.4 Å². The first-order valence-corrected chi connectivity index (χ1v) is 7.94. The molecule has 2 rings (SSSR count). The Kier molecular flexibility index (Phi) is 6.29. The third kappa shape index (κ3) is 5.28. The Labute approximate surface area is 150 Å². The molecule has 0 aliphatic heterocycles. The number of nitrogen functional groups attached to an aromatic ring is 1. The van der Waals surface area contributed by atoms with E-state index in [0.29, 0.717) is 5.82 Å². The topological polar surface area (TPSA) is 130 Å². The largest absolute Gasteiger partial charge is 0.467 e. The number of aromatic nitrogens is 2. The number of amides is 1. The van der Waals surface area contributed by atoms with Crippen molar-refractivity contribution in [1.29, 1.82) is 0 Å². The number of ether oxygens (including phenoxy) is 2. The molecule has 0 saturated heterocycles. The van der Waals surface area contributed by atoms with Gasteiger partial charge in [0.05, 0.1) is 6.04 Å². The Balaban J connectivity index is 2.09. The highest BCUT2D eigenvalue weighted by molar-refractivity contribution is 5.92. The van der Waals surface area contributed by atoms with Crippen molar-refractivity contribution < 1.29 is 23.6 Å². The van der Waals surface area contributed by atoms with Crippen molar-refractivity contribution in [3.63, 3.8) is 0 Å². The normalized spacial score (nSPS) is 12.4. The van der Waals surface area contributed by atoms with Gasteiger partial charge in [0, 0.05) is 25.8 Å². The predicted octanol–water partition coefficient (Wildman–Crippen LogP) is 0.752. The second-order valence-electron chi connectivity index (χ2n) is 6.13. The van der Waals surface area contributed by atoms with E-state index < -0.39 is 17.6 Å². The van der Waals surface area contributed by atoms with Crippen molar-refractivity contribution in [2.45, 2.75) is 31.9 Å². The molecule has 9 nitrogen and oxygen atoms in total. The van der Waals surface area contributed by atoms with Crippen LogP contribution in [0.3, 0.4) is 0 Å². The summed E-state index contributed by atoms with van der Waals surface area (Å²) >= 11 is 0. The molecule has 0 fully saturated rings. The van der Waals surface area contributed by atoms with E-state index in [-0.39, 0.29) is 24.7 Å². The first-order chi connectivity index (χ1) is 12.3. The van der Waals surface area contributed by atoms with Gasteiger partial charge in [-0.25, -0.2) is 4.98 Å². The van der Waals surface area contributed by atoms with Gasteiger partial charge in [0.2, 0.25) is 0 Å². The number of ketones is 1. The van der Waals surface area contributed by atoms with Crippen LogP contribution in [0.2, 0.25) is 0 Å². The van der Waals surface area contributed by atoms with E-state index in [1.807, 2.05) is 0 Å². The van der Waals surface area contributed by atoms with Crippen LogP contribution in [0.25, 0.3) is 0 Å². The van der Waals surface area contributed by atoms with E-state index in [9.17, 15) is 9.59 Å². The maximum absolute atomic E-state index is 12.6. The third-order valence-electron chi connectivity index (χ3n) is 3.82. The molecule has 0 radical (unpaired) electrons. The minimum Gasteiger partial charge on any atom is -0.467 e. The van der Waals surface area contributed by atoms with Gasteiger partial charge in [0.25, 0.3) is 11.8 Å². The molecule has 2 heterocycles. The van der Waals surface area contributed by atoms with Crippen molar-refractivity contribution in [2.24, 2.45) is 0 Å². The number of carbonyl (C=O) groups excluding carboxylic acids is 2. The monoisotopic (exact) mass is 362 g/mol. The molecule has 3 N–H and O–H groups in total. The molecular weight excluding hydrogens is 340 g/mol. The van der Waals surface area contributed by atoms with Gasteiger partial charge in [-0.15, -0.1) is 0 Å². The van der Waals surface area contributed by atoms with Crippen LogP contribution in [0.5, 0.6) is 5.88 Å². The molecule has 1 amide bonds. The van der Waals surface area contributed by atoms with Crippen molar-refractivity contribution >= 4 is 17.5 Å². The molecular formula is C17H22N4O5. The summed E-state index contributed by atoms with van der Waals surface area (Å²) < 4.78 is 15.1. The van der Waals surface area contributed by atoms with E-state index in [0.717, 1.165) is 5.56 Å². The zero-order valence-electron chi connectivity index (χ0n) is 14.9. The average Bonchev–Trinajstić information content (AvgIpc) is 3.14. The zero-order valence-corrected chi connectivity index (χ0v) is 14.9. The SMILES string of the molecule is COC(C)(C)C(=O)NC(Cc1ccc(N)nc1)C(=O)COc1ccon1. The van der Waals surface area contributed by atoms with Crippen molar-refractivity contribution in [3.05, 3.63) is 36.2 Å². The summed E-state index contributed by atoms with van der Waals surface area (Å²) in [5, 5.41) is 6.28. The van der Waals surface area contributed by atoms with Crippen molar-refractivity contribution in [3.8, 4) is 5.88 Å². The number of nitrogens with zero attached hydrogens (tertiary/aromatic N) is 2. The van der Waals surface area contributed by atoms with Crippen LogP contribution >= 0.6 is 0 Å². The Hall–Kier alpha value is -2.94. The number of carbonyl (C=O) groups is 2. The average molecular weight is 362 g/mol. The Morgan fingerprint density at radius 1 is 1.35 bits per heavy atom. The quantitative estimate of drug-likeness (QED) is 0.668. The molecule has 0 aromatic carbocycles. The van der Waals surface area contributed by atoms with Crippen LogP contribution in [0.4, 0.5) is 5.82 Å². The van der Waals surface area contributed by atoms with Crippen molar-refractivity contribution in [2.75, 3.05) is 19.5 Å². The molecule has 0 bridgehead atoms. The van der Waals surface area contributed by atoms with E-state index in [4.69, 9.17) is 15.2 Å². The lowest BCUT2D eigenvalue weighted by atomic mass is 10.0. The summed E-state index contributed by atoms with van der Waals surface area (Å²) in [7, 11) is 1.42. The molecule has 1 unspecified atom stereocenters. The first-order valence-electron chi connectivity index (χ1n) is 7.94. The fourth-order valence-corrected chi connectivity index (χ4v) is 1.98. The van der Waals surface area contributed by atoms with E-state index in [1.54, 1.807) is 32.2 Å². The highest BCUT2D eigenvalue weighted by atomic mass is 16.5. The molecule has 140 valence electrons. The van der Waals surface area contributed by atoms with Gasteiger partial charge in [0.15, 0.2) is 12.4 Å². The summed E-state index contributed by atoms with van der Waals surface area (Å²) in [6.07, 6.45) is 3.13. The lowest BCUT2D eigenvalue weighted by Gasteiger charge is -2.25. The zero-order chi connectivity index (χ0) is 19.2. The number of hydrogen-bond donors (Lipinski definition) is 2. The van der Waals surface area contributed by atoms with Gasteiger partial charge in [-0.2, -0.15) is 0 Å². The molecule has 2 aromatic rings. The molecule has 0 aliphatic rings. The minimum absolute atomic E-state index is 0.190. The summed E-state index contributed by atoms with van der Waals surface area (Å²) in [6.45, 7) is 2.95. The molecule has 0 saturated carbocycles. The molecule has 9 heteroatoms. The molecule has 0 aliphatic carbocycles. The van der Waals surface area contributed by atoms with Crippen LogP contribution in [0, 0.1) is 0 Å². The predicted molar refractivity (Wildman–Crippen MR) is 92.4 cm³/mol. The summed E-state index contributed by atoms with van der Waals surface area (Å²) in [5.41, 5.74) is 5.24. The van der Waals surface area contributed by atoms with Crippen molar-refractivity contribution in [1.82, 2.24) is 15.5 Å². The van der Waals surface area contributed by atoms with Gasteiger partial charge in [-0.05, 0) is 30.6 Å². The van der Waals surface area contributed by atoms with Gasteiger partial charge < -0.3 is 25.0 Å². The highest BCUT2D eigenvalue weighted by Crippen LogP contribution is 2.11. The second kappa shape index (κ2) is 8.43. The third-order valence-corrected chi connectivity index (χ3v) is 3.82. The van der Waals surface area contributed by atoms with Crippen LogP contribution in [0.15, 0.2) is 35.2 Å². The summed E-state index contributed by atoms with van der Waals surface area (Å²) in [5.74, 6) is -0.182. The number of Topliss-reactive ketones (excluding diaryl/α,β-unsaturated/α-hetero) is 1. The summed E-state index contributed by atoms with van der Waals surface area (Å²) in [4.78, 5) is 29.0. The number of rotatable bonds is 9. The molecule has 1 atom stereocenters. The maximum Gasteiger partial charge on any atom is 0.254 e. The van der Waals surface area contributed by atoms with Gasteiger partial charge >= 0.3 is 0 Å². The van der Waals surface area contributed by atoms with Crippen LogP contribution in [-0.2, 0) is 20.7 Å². The first kappa shape index (κ1) is 19.4. The number of anilines is 1. The summed E-state index contributed by atoms with van der Waals surface area (Å²) in [6, 6.07) is 4.03. The number of hydrogen-bond acceptors (Lipinski definition) is 8. The number of pyridine rings is 1. The fourth-order valence-electron chi connectivity index (χ4n) is 1.98. The highest BCUT2D eigenvalue weighted by Gasteiger charge is 2.31. The number of methoxy groups -OCH3 is 1. The standard InChI is InChI=1S/C17H22N4O5/c1-17(2,24-3)16(23)20-12(8-11-4-5-14(18)19-9-11)13(22)10-25-15-6-7-26-21-15/h4-7,9,12H,8,10H2,1-3H3,(H2,18,19)(H,20,23). The van der Waals surface area contributed by atoms with Gasteiger partial charge in [-0.3, -0.25) is 9.59 Å². The minimum atomic E-state index is -1.08. The van der Waals surface area contributed by atoms with Crippen LogP contribution in [0.1, 0.15) is 19.4 Å². The van der Waals surface area contributed by atoms with E-state index >= 15 is 0 Å². The maximum atomic E-state index is 12.6. The molecule has 26 heavy (non-hydrogen) atoms. The Morgan fingerprint density at radius 2 is 2.12 bits per heavy atom. The Morgan fingerprint density at radius 3 is 2.69 bits per heavy atom. The van der Waals surface area contributed by atoms with Gasteiger partial charge in [-0.1, -0.05) is 6.07 Å². The number of nitrogens with two attached hydrogens (primary N) is 1. The second-order valence-corrected chi connectivity index (χ2v) is 6.13. The molecule has 0 spiro atoms. The fraction of sp³-hybridized carbons (Fsp3) is 0.412. The lowest BCUT2D eigenvalue weighted by molar-refractivity contribution is -0.142. The number of nitrogens with one attached hydrogen (secondary N) is 1.